The standard InChI is InChI=1S/C22H21BrN2O2/c1-15-5-6-17(12-16(15)2)22(18-4-3-11-24-13-18)25-21(26)14-27-20-9-7-19(23)8-10-20/h3-13,22H,14H2,1-2H3,(H,25,26)/t22-/m0/s1. The molecule has 1 amide bonds. The summed E-state index contributed by atoms with van der Waals surface area (Å²) < 4.78 is 6.55. The molecule has 0 unspecified atom stereocenters. The van der Waals surface area contributed by atoms with E-state index in [0.29, 0.717) is 5.75 Å². The molecule has 138 valence electrons. The van der Waals surface area contributed by atoms with E-state index in [2.05, 4.69) is 52.2 Å². The van der Waals surface area contributed by atoms with Crippen LogP contribution in [-0.4, -0.2) is 17.5 Å². The van der Waals surface area contributed by atoms with Crippen molar-refractivity contribution in [1.29, 1.82) is 0 Å². The Labute approximate surface area is 167 Å². The van der Waals surface area contributed by atoms with Crippen molar-refractivity contribution in [3.63, 3.8) is 0 Å². The SMILES string of the molecule is Cc1ccc([C@H](NC(=O)COc2ccc(Br)cc2)c2cccnc2)cc1C. The number of aromatic nitrogens is 1. The number of carbonyl (C=O) groups is 1. The lowest BCUT2D eigenvalue weighted by Gasteiger charge is -2.20. The molecule has 0 saturated heterocycles. The molecule has 1 aromatic heterocycles. The quantitative estimate of drug-likeness (QED) is 0.621. The van der Waals surface area contributed by atoms with Gasteiger partial charge in [0.25, 0.3) is 5.91 Å². The zero-order valence-corrected chi connectivity index (χ0v) is 16.9. The second kappa shape index (κ2) is 8.82. The minimum atomic E-state index is -0.279. The molecule has 0 aliphatic carbocycles. The van der Waals surface area contributed by atoms with Crippen LogP contribution in [0.3, 0.4) is 0 Å². The smallest absolute Gasteiger partial charge is 0.258 e. The molecule has 4 nitrogen and oxygen atoms in total. The monoisotopic (exact) mass is 424 g/mol. The molecule has 0 spiro atoms. The summed E-state index contributed by atoms with van der Waals surface area (Å²) in [6.45, 7) is 4.09. The summed E-state index contributed by atoms with van der Waals surface area (Å²) in [6, 6.07) is 17.1. The Morgan fingerprint density at radius 1 is 1.07 bits per heavy atom. The van der Waals surface area contributed by atoms with Crippen molar-refractivity contribution in [2.24, 2.45) is 0 Å². The lowest BCUT2D eigenvalue weighted by molar-refractivity contribution is -0.123. The zero-order chi connectivity index (χ0) is 19.2. The number of amides is 1. The van der Waals surface area contributed by atoms with E-state index in [4.69, 9.17) is 4.74 Å². The molecule has 0 fully saturated rings. The summed E-state index contributed by atoms with van der Waals surface area (Å²) in [5.41, 5.74) is 4.34. The van der Waals surface area contributed by atoms with Crippen LogP contribution >= 0.6 is 15.9 Å². The van der Waals surface area contributed by atoms with Crippen LogP contribution in [0.25, 0.3) is 0 Å². The summed E-state index contributed by atoms with van der Waals surface area (Å²) in [4.78, 5) is 16.7. The second-order valence-corrected chi connectivity index (χ2v) is 7.29. The lowest BCUT2D eigenvalue weighted by Crippen LogP contribution is -2.33. The van der Waals surface area contributed by atoms with Crippen molar-refractivity contribution in [2.45, 2.75) is 19.9 Å². The fraction of sp³-hybridized carbons (Fsp3) is 0.182. The third kappa shape index (κ3) is 5.17. The van der Waals surface area contributed by atoms with Crippen LogP contribution in [-0.2, 0) is 4.79 Å². The van der Waals surface area contributed by atoms with Crippen LogP contribution in [0.4, 0.5) is 0 Å². The number of hydrogen-bond donors (Lipinski definition) is 1. The molecule has 0 bridgehead atoms. The highest BCUT2D eigenvalue weighted by Gasteiger charge is 2.18. The van der Waals surface area contributed by atoms with Crippen molar-refractivity contribution in [1.82, 2.24) is 10.3 Å². The number of benzene rings is 2. The van der Waals surface area contributed by atoms with E-state index in [9.17, 15) is 4.79 Å². The van der Waals surface area contributed by atoms with E-state index < -0.39 is 0 Å². The molecule has 2 aromatic carbocycles. The molecule has 0 aliphatic rings. The minimum Gasteiger partial charge on any atom is -0.484 e. The van der Waals surface area contributed by atoms with Crippen molar-refractivity contribution >= 4 is 21.8 Å². The number of pyridine rings is 1. The number of halogens is 1. The van der Waals surface area contributed by atoms with Crippen molar-refractivity contribution in [2.75, 3.05) is 6.61 Å². The maximum absolute atomic E-state index is 12.5. The van der Waals surface area contributed by atoms with Crippen LogP contribution < -0.4 is 10.1 Å². The van der Waals surface area contributed by atoms with E-state index in [1.165, 1.54) is 11.1 Å². The van der Waals surface area contributed by atoms with E-state index in [0.717, 1.165) is 15.6 Å². The van der Waals surface area contributed by atoms with E-state index in [-0.39, 0.29) is 18.6 Å². The topological polar surface area (TPSA) is 51.2 Å². The summed E-state index contributed by atoms with van der Waals surface area (Å²) in [5.74, 6) is 0.461. The van der Waals surface area contributed by atoms with Gasteiger partial charge in [-0.3, -0.25) is 9.78 Å². The molecule has 5 heteroatoms. The average Bonchev–Trinajstić information content (AvgIpc) is 2.68. The third-order valence-corrected chi connectivity index (χ3v) is 4.90. The summed E-state index contributed by atoms with van der Waals surface area (Å²) in [6.07, 6.45) is 3.50. The molecule has 27 heavy (non-hydrogen) atoms. The van der Waals surface area contributed by atoms with Gasteiger partial charge in [0.05, 0.1) is 6.04 Å². The number of rotatable bonds is 6. The summed E-state index contributed by atoms with van der Waals surface area (Å²) in [7, 11) is 0. The fourth-order valence-electron chi connectivity index (χ4n) is 2.73. The first-order chi connectivity index (χ1) is 13.0. The van der Waals surface area contributed by atoms with E-state index >= 15 is 0 Å². The summed E-state index contributed by atoms with van der Waals surface area (Å²) in [5, 5.41) is 3.06. The van der Waals surface area contributed by atoms with Gasteiger partial charge in [0.2, 0.25) is 0 Å². The minimum absolute atomic E-state index is 0.0523. The lowest BCUT2D eigenvalue weighted by atomic mass is 9.96. The molecule has 0 radical (unpaired) electrons. The number of nitrogens with one attached hydrogen (secondary N) is 1. The number of ether oxygens (including phenoxy) is 1. The first-order valence-corrected chi connectivity index (χ1v) is 9.47. The predicted molar refractivity (Wildman–Crippen MR) is 110 cm³/mol. The van der Waals surface area contributed by atoms with Gasteiger partial charge in [-0.15, -0.1) is 0 Å². The zero-order valence-electron chi connectivity index (χ0n) is 15.3. The Hall–Kier alpha value is -2.66. The van der Waals surface area contributed by atoms with Gasteiger partial charge in [0.1, 0.15) is 5.75 Å². The Kier molecular flexibility index (Phi) is 6.24. The van der Waals surface area contributed by atoms with Gasteiger partial charge in [0.15, 0.2) is 6.61 Å². The normalized spacial score (nSPS) is 11.7. The highest BCUT2D eigenvalue weighted by molar-refractivity contribution is 9.10. The first kappa shape index (κ1) is 19.1. The van der Waals surface area contributed by atoms with Gasteiger partial charge >= 0.3 is 0 Å². The highest BCUT2D eigenvalue weighted by atomic mass is 79.9. The Balaban J connectivity index is 1.75. The molecule has 1 atom stereocenters. The maximum Gasteiger partial charge on any atom is 0.258 e. The molecule has 0 saturated carbocycles. The Morgan fingerprint density at radius 2 is 1.85 bits per heavy atom. The van der Waals surface area contributed by atoms with Crippen LogP contribution in [0.15, 0.2) is 71.5 Å². The van der Waals surface area contributed by atoms with Gasteiger partial charge in [-0.1, -0.05) is 40.2 Å². The maximum atomic E-state index is 12.5. The predicted octanol–water partition coefficient (Wildman–Crippen LogP) is 4.75. The Bertz CT molecular complexity index is 911. The second-order valence-electron chi connectivity index (χ2n) is 6.37. The van der Waals surface area contributed by atoms with Crippen LogP contribution in [0.2, 0.25) is 0 Å². The van der Waals surface area contributed by atoms with Gasteiger partial charge in [0, 0.05) is 16.9 Å². The first-order valence-electron chi connectivity index (χ1n) is 8.68. The number of aryl methyl sites for hydroxylation is 2. The Morgan fingerprint density at radius 3 is 2.52 bits per heavy atom. The molecule has 1 heterocycles. The number of hydrogen-bond acceptors (Lipinski definition) is 3. The van der Waals surface area contributed by atoms with Crippen LogP contribution in [0.1, 0.15) is 28.3 Å². The van der Waals surface area contributed by atoms with Gasteiger partial charge in [-0.2, -0.15) is 0 Å². The highest BCUT2D eigenvalue weighted by Crippen LogP contribution is 2.24. The van der Waals surface area contributed by atoms with Crippen molar-refractivity contribution < 1.29 is 9.53 Å². The third-order valence-electron chi connectivity index (χ3n) is 4.37. The molecule has 0 aliphatic heterocycles. The van der Waals surface area contributed by atoms with Crippen molar-refractivity contribution in [3.8, 4) is 5.75 Å². The molecule has 3 rings (SSSR count). The largest absolute Gasteiger partial charge is 0.484 e. The van der Waals surface area contributed by atoms with Crippen LogP contribution in [0, 0.1) is 13.8 Å². The average molecular weight is 425 g/mol. The molecular formula is C22H21BrN2O2. The number of nitrogens with zero attached hydrogens (tertiary/aromatic N) is 1. The van der Waals surface area contributed by atoms with Gasteiger partial charge < -0.3 is 10.1 Å². The number of carbonyl (C=O) groups excluding carboxylic acids is 1. The van der Waals surface area contributed by atoms with Crippen LogP contribution in [0.5, 0.6) is 5.75 Å². The molecule has 1 N–H and O–H groups in total. The van der Waals surface area contributed by atoms with E-state index in [1.807, 2.05) is 42.5 Å². The fourth-order valence-corrected chi connectivity index (χ4v) is 3.00. The molecule has 3 aromatic rings. The van der Waals surface area contributed by atoms with E-state index in [1.54, 1.807) is 12.4 Å². The van der Waals surface area contributed by atoms with Gasteiger partial charge in [-0.05, 0) is 66.4 Å². The van der Waals surface area contributed by atoms with Gasteiger partial charge in [-0.25, -0.2) is 0 Å². The molecular weight excluding hydrogens is 404 g/mol. The van der Waals surface area contributed by atoms with Crippen molar-refractivity contribution in [3.05, 3.63) is 93.7 Å². The summed E-state index contributed by atoms with van der Waals surface area (Å²) >= 11 is 3.38.